The SMILES string of the molecule is CCOc1ccc(Nc2nc3ccc(N)cc3[nH]2)cc1F. The summed E-state index contributed by atoms with van der Waals surface area (Å²) in [6, 6.07) is 10.1. The van der Waals surface area contributed by atoms with Crippen LogP contribution in [0.4, 0.5) is 21.7 Å². The number of nitrogen functional groups attached to an aromatic ring is 1. The fourth-order valence-electron chi connectivity index (χ4n) is 2.07. The summed E-state index contributed by atoms with van der Waals surface area (Å²) in [5.41, 5.74) is 8.58. The molecule has 6 heteroatoms. The van der Waals surface area contributed by atoms with Gasteiger partial charge in [0.2, 0.25) is 5.95 Å². The van der Waals surface area contributed by atoms with Gasteiger partial charge >= 0.3 is 0 Å². The number of imidazole rings is 1. The van der Waals surface area contributed by atoms with E-state index in [2.05, 4.69) is 15.3 Å². The predicted molar refractivity (Wildman–Crippen MR) is 81.4 cm³/mol. The Morgan fingerprint density at radius 2 is 2.14 bits per heavy atom. The summed E-state index contributed by atoms with van der Waals surface area (Å²) in [6.07, 6.45) is 0. The van der Waals surface area contributed by atoms with Gasteiger partial charge in [-0.05, 0) is 37.3 Å². The molecule has 1 heterocycles. The molecular formula is C15H15FN4O. The number of hydrogen-bond acceptors (Lipinski definition) is 4. The fraction of sp³-hybridized carbons (Fsp3) is 0.133. The number of hydrogen-bond donors (Lipinski definition) is 3. The van der Waals surface area contributed by atoms with E-state index in [0.717, 1.165) is 11.0 Å². The van der Waals surface area contributed by atoms with Crippen LogP contribution in [-0.2, 0) is 0 Å². The average Bonchev–Trinajstić information content (AvgIpc) is 2.83. The van der Waals surface area contributed by atoms with E-state index in [1.807, 2.05) is 13.0 Å². The molecule has 3 rings (SSSR count). The van der Waals surface area contributed by atoms with Gasteiger partial charge in [-0.15, -0.1) is 0 Å². The Labute approximate surface area is 120 Å². The van der Waals surface area contributed by atoms with Crippen molar-refractivity contribution in [1.29, 1.82) is 0 Å². The first-order valence-electron chi connectivity index (χ1n) is 6.60. The van der Waals surface area contributed by atoms with Crippen molar-refractivity contribution >= 4 is 28.4 Å². The van der Waals surface area contributed by atoms with Gasteiger partial charge in [0.25, 0.3) is 0 Å². The molecule has 0 unspecified atom stereocenters. The van der Waals surface area contributed by atoms with Gasteiger partial charge in [-0.2, -0.15) is 0 Å². The highest BCUT2D eigenvalue weighted by Gasteiger charge is 2.07. The van der Waals surface area contributed by atoms with Gasteiger partial charge in [0.1, 0.15) is 0 Å². The van der Waals surface area contributed by atoms with Crippen molar-refractivity contribution in [3.05, 3.63) is 42.2 Å². The molecule has 1 aromatic heterocycles. The van der Waals surface area contributed by atoms with E-state index in [9.17, 15) is 4.39 Å². The molecule has 4 N–H and O–H groups in total. The highest BCUT2D eigenvalue weighted by atomic mass is 19.1. The van der Waals surface area contributed by atoms with Crippen LogP contribution in [0.5, 0.6) is 5.75 Å². The lowest BCUT2D eigenvalue weighted by Gasteiger charge is -2.07. The van der Waals surface area contributed by atoms with Gasteiger partial charge in [-0.3, -0.25) is 0 Å². The summed E-state index contributed by atoms with van der Waals surface area (Å²) in [7, 11) is 0. The van der Waals surface area contributed by atoms with E-state index in [-0.39, 0.29) is 5.75 Å². The molecule has 0 saturated heterocycles. The van der Waals surface area contributed by atoms with Crippen LogP contribution in [0.25, 0.3) is 11.0 Å². The number of benzene rings is 2. The molecular weight excluding hydrogens is 271 g/mol. The molecule has 0 saturated carbocycles. The second-order valence-electron chi connectivity index (χ2n) is 4.57. The van der Waals surface area contributed by atoms with Gasteiger partial charge < -0.3 is 20.8 Å². The topological polar surface area (TPSA) is 76.0 Å². The minimum Gasteiger partial charge on any atom is -0.491 e. The molecule has 21 heavy (non-hydrogen) atoms. The van der Waals surface area contributed by atoms with E-state index in [4.69, 9.17) is 10.5 Å². The number of halogens is 1. The average molecular weight is 286 g/mol. The molecule has 0 aliphatic rings. The minimum absolute atomic E-state index is 0.237. The van der Waals surface area contributed by atoms with E-state index in [0.29, 0.717) is 23.9 Å². The Morgan fingerprint density at radius 3 is 2.90 bits per heavy atom. The van der Waals surface area contributed by atoms with Crippen molar-refractivity contribution < 1.29 is 9.13 Å². The number of anilines is 3. The maximum absolute atomic E-state index is 13.8. The zero-order valence-electron chi connectivity index (χ0n) is 11.5. The lowest BCUT2D eigenvalue weighted by molar-refractivity contribution is 0.321. The van der Waals surface area contributed by atoms with Crippen molar-refractivity contribution in [2.45, 2.75) is 6.92 Å². The molecule has 3 aromatic rings. The molecule has 108 valence electrons. The first-order valence-corrected chi connectivity index (χ1v) is 6.60. The van der Waals surface area contributed by atoms with Crippen molar-refractivity contribution in [3.8, 4) is 5.75 Å². The van der Waals surface area contributed by atoms with Crippen LogP contribution in [0.1, 0.15) is 6.92 Å². The number of nitrogens with two attached hydrogens (primary N) is 1. The maximum atomic E-state index is 13.8. The van der Waals surface area contributed by atoms with Crippen LogP contribution in [0.3, 0.4) is 0 Å². The van der Waals surface area contributed by atoms with Crippen molar-refractivity contribution in [2.75, 3.05) is 17.7 Å². The van der Waals surface area contributed by atoms with Crippen LogP contribution in [0, 0.1) is 5.82 Å². The fourth-order valence-corrected chi connectivity index (χ4v) is 2.07. The van der Waals surface area contributed by atoms with Crippen LogP contribution in [0.15, 0.2) is 36.4 Å². The Hall–Kier alpha value is -2.76. The van der Waals surface area contributed by atoms with Crippen LogP contribution >= 0.6 is 0 Å². The number of nitrogens with zero attached hydrogens (tertiary/aromatic N) is 1. The van der Waals surface area contributed by atoms with Crippen molar-refractivity contribution in [1.82, 2.24) is 9.97 Å². The van der Waals surface area contributed by atoms with E-state index in [1.165, 1.54) is 6.07 Å². The standard InChI is InChI=1S/C15H15FN4O/c1-2-21-14-6-4-10(8-11(14)16)18-15-19-12-5-3-9(17)7-13(12)20-15/h3-8H,2,17H2,1H3,(H2,18,19,20). The highest BCUT2D eigenvalue weighted by molar-refractivity contribution is 5.81. The Balaban J connectivity index is 1.86. The number of rotatable bonds is 4. The Kier molecular flexibility index (Phi) is 3.35. The number of ether oxygens (including phenoxy) is 1. The van der Waals surface area contributed by atoms with Crippen molar-refractivity contribution in [3.63, 3.8) is 0 Å². The molecule has 0 amide bonds. The van der Waals surface area contributed by atoms with Crippen LogP contribution < -0.4 is 15.8 Å². The maximum Gasteiger partial charge on any atom is 0.205 e. The van der Waals surface area contributed by atoms with Gasteiger partial charge in [-0.25, -0.2) is 9.37 Å². The summed E-state index contributed by atoms with van der Waals surface area (Å²) in [6.45, 7) is 2.24. The number of nitrogens with one attached hydrogen (secondary N) is 2. The summed E-state index contributed by atoms with van der Waals surface area (Å²) in [5.74, 6) is 0.349. The number of fused-ring (bicyclic) bond motifs is 1. The lowest BCUT2D eigenvalue weighted by atomic mass is 10.3. The predicted octanol–water partition coefficient (Wildman–Crippen LogP) is 3.43. The van der Waals surface area contributed by atoms with Gasteiger partial charge in [0, 0.05) is 17.4 Å². The van der Waals surface area contributed by atoms with E-state index in [1.54, 1.807) is 24.3 Å². The normalized spacial score (nSPS) is 10.8. The van der Waals surface area contributed by atoms with Gasteiger partial charge in [0.05, 0.1) is 17.6 Å². The van der Waals surface area contributed by atoms with E-state index < -0.39 is 5.82 Å². The second-order valence-corrected chi connectivity index (χ2v) is 4.57. The Bertz CT molecular complexity index is 784. The first kappa shape index (κ1) is 13.2. The summed E-state index contributed by atoms with van der Waals surface area (Å²) in [4.78, 5) is 7.45. The quantitative estimate of drug-likeness (QED) is 0.642. The zero-order chi connectivity index (χ0) is 14.8. The molecule has 0 aliphatic carbocycles. The van der Waals surface area contributed by atoms with Gasteiger partial charge in [-0.1, -0.05) is 0 Å². The number of H-pyrrole nitrogens is 1. The molecule has 0 aliphatic heterocycles. The summed E-state index contributed by atoms with van der Waals surface area (Å²) in [5, 5.41) is 3.02. The molecule has 5 nitrogen and oxygen atoms in total. The number of aromatic nitrogens is 2. The molecule has 0 atom stereocenters. The third-order valence-electron chi connectivity index (χ3n) is 3.00. The first-order chi connectivity index (χ1) is 10.2. The van der Waals surface area contributed by atoms with Crippen LogP contribution in [0.2, 0.25) is 0 Å². The zero-order valence-corrected chi connectivity index (χ0v) is 11.5. The largest absolute Gasteiger partial charge is 0.491 e. The monoisotopic (exact) mass is 286 g/mol. The van der Waals surface area contributed by atoms with E-state index >= 15 is 0 Å². The summed E-state index contributed by atoms with van der Waals surface area (Å²) >= 11 is 0. The molecule has 0 fully saturated rings. The third-order valence-corrected chi connectivity index (χ3v) is 3.00. The molecule has 0 spiro atoms. The van der Waals surface area contributed by atoms with Gasteiger partial charge in [0.15, 0.2) is 11.6 Å². The molecule has 0 radical (unpaired) electrons. The Morgan fingerprint density at radius 1 is 1.29 bits per heavy atom. The third kappa shape index (κ3) is 2.74. The minimum atomic E-state index is -0.415. The second kappa shape index (κ2) is 5.32. The molecule has 2 aromatic carbocycles. The highest BCUT2D eigenvalue weighted by Crippen LogP contribution is 2.24. The summed E-state index contributed by atoms with van der Waals surface area (Å²) < 4.78 is 18.9. The lowest BCUT2D eigenvalue weighted by Crippen LogP contribution is -1.97. The molecule has 0 bridgehead atoms. The smallest absolute Gasteiger partial charge is 0.205 e. The number of aromatic amines is 1. The van der Waals surface area contributed by atoms with Crippen LogP contribution in [-0.4, -0.2) is 16.6 Å². The van der Waals surface area contributed by atoms with Crippen molar-refractivity contribution in [2.24, 2.45) is 0 Å².